The topological polar surface area (TPSA) is 72.5 Å². The Morgan fingerprint density at radius 3 is 2.14 bits per heavy atom. The summed E-state index contributed by atoms with van der Waals surface area (Å²) in [6.45, 7) is 3.37. The van der Waals surface area contributed by atoms with Crippen molar-refractivity contribution in [3.8, 4) is 0 Å². The number of hydrogen-bond acceptors (Lipinski definition) is 5. The minimum atomic E-state index is -0.887. The number of esters is 1. The fourth-order valence-corrected chi connectivity index (χ4v) is 4.13. The molecule has 0 aliphatic heterocycles. The summed E-state index contributed by atoms with van der Waals surface area (Å²) in [7, 11) is 1.30. The molecule has 29 heavy (non-hydrogen) atoms. The summed E-state index contributed by atoms with van der Waals surface area (Å²) >= 11 is 1.15. The van der Waals surface area contributed by atoms with Gasteiger partial charge in [0.2, 0.25) is 5.91 Å². The zero-order valence-corrected chi connectivity index (χ0v) is 17.8. The minimum absolute atomic E-state index is 0.0393. The molecular weight excluding hydrogens is 386 g/mol. The van der Waals surface area contributed by atoms with Crippen LogP contribution < -0.4 is 5.32 Å². The van der Waals surface area contributed by atoms with Gasteiger partial charge in [-0.05, 0) is 24.0 Å². The van der Waals surface area contributed by atoms with Gasteiger partial charge in [-0.15, -0.1) is 0 Å². The molecule has 5 nitrogen and oxygen atoms in total. The molecule has 0 aliphatic carbocycles. The lowest BCUT2D eigenvalue weighted by molar-refractivity contribution is -0.145. The Morgan fingerprint density at radius 1 is 1.00 bits per heavy atom. The van der Waals surface area contributed by atoms with Crippen LogP contribution in [0.1, 0.15) is 37.4 Å². The SMILES string of the molecule is COC(=O)[C@H](NC(=O)C(CCc1ccccc1)C(C)SC(C)=O)c1ccccc1. The van der Waals surface area contributed by atoms with Gasteiger partial charge in [-0.3, -0.25) is 9.59 Å². The van der Waals surface area contributed by atoms with Crippen molar-refractivity contribution < 1.29 is 19.1 Å². The van der Waals surface area contributed by atoms with Gasteiger partial charge in [-0.25, -0.2) is 4.79 Å². The van der Waals surface area contributed by atoms with Crippen LogP contribution in [0.3, 0.4) is 0 Å². The van der Waals surface area contributed by atoms with Crippen molar-refractivity contribution in [1.29, 1.82) is 0 Å². The van der Waals surface area contributed by atoms with Gasteiger partial charge in [0.1, 0.15) is 0 Å². The third-order valence-corrected chi connectivity index (χ3v) is 5.73. The van der Waals surface area contributed by atoms with E-state index in [1.54, 1.807) is 24.3 Å². The second kappa shape index (κ2) is 11.4. The fraction of sp³-hybridized carbons (Fsp3) is 0.348. The highest BCUT2D eigenvalue weighted by molar-refractivity contribution is 8.14. The molecule has 0 fully saturated rings. The molecule has 0 aromatic heterocycles. The van der Waals surface area contributed by atoms with Crippen molar-refractivity contribution in [3.05, 3.63) is 71.8 Å². The molecule has 2 aromatic carbocycles. The number of methoxy groups -OCH3 is 1. The summed E-state index contributed by atoms with van der Waals surface area (Å²) in [6, 6.07) is 18.0. The van der Waals surface area contributed by atoms with Crippen LogP contribution in [0.5, 0.6) is 0 Å². The first-order valence-electron chi connectivity index (χ1n) is 9.56. The van der Waals surface area contributed by atoms with Gasteiger partial charge >= 0.3 is 5.97 Å². The van der Waals surface area contributed by atoms with Crippen LogP contribution in [0.4, 0.5) is 0 Å². The second-order valence-corrected chi connectivity index (χ2v) is 8.37. The number of amides is 1. The van der Waals surface area contributed by atoms with Gasteiger partial charge in [0.05, 0.1) is 13.0 Å². The molecule has 154 valence electrons. The van der Waals surface area contributed by atoms with Gasteiger partial charge in [0.25, 0.3) is 0 Å². The lowest BCUT2D eigenvalue weighted by Gasteiger charge is -2.25. The number of carbonyl (C=O) groups is 3. The number of benzene rings is 2. The van der Waals surface area contributed by atoms with Gasteiger partial charge < -0.3 is 10.1 Å². The largest absolute Gasteiger partial charge is 0.467 e. The van der Waals surface area contributed by atoms with Gasteiger partial charge in [0, 0.05) is 12.2 Å². The Bertz CT molecular complexity index is 810. The van der Waals surface area contributed by atoms with E-state index in [-0.39, 0.29) is 16.3 Å². The van der Waals surface area contributed by atoms with Gasteiger partial charge in [-0.1, -0.05) is 79.3 Å². The van der Waals surface area contributed by atoms with E-state index in [2.05, 4.69) is 5.32 Å². The molecule has 0 saturated carbocycles. The maximum Gasteiger partial charge on any atom is 0.333 e. The van der Waals surface area contributed by atoms with Crippen LogP contribution in [0.2, 0.25) is 0 Å². The Morgan fingerprint density at radius 2 is 1.59 bits per heavy atom. The number of thioether (sulfide) groups is 1. The molecule has 3 atom stereocenters. The predicted molar refractivity (Wildman–Crippen MR) is 115 cm³/mol. The maximum absolute atomic E-state index is 13.1. The maximum atomic E-state index is 13.1. The molecule has 2 unspecified atom stereocenters. The molecule has 0 saturated heterocycles. The average Bonchev–Trinajstić information content (AvgIpc) is 2.72. The first-order chi connectivity index (χ1) is 13.9. The molecule has 0 radical (unpaired) electrons. The molecule has 0 bridgehead atoms. The zero-order chi connectivity index (χ0) is 21.2. The summed E-state index contributed by atoms with van der Waals surface area (Å²) in [5.74, 6) is -1.22. The van der Waals surface area contributed by atoms with Crippen LogP contribution in [-0.2, 0) is 25.5 Å². The van der Waals surface area contributed by atoms with E-state index in [9.17, 15) is 14.4 Å². The lowest BCUT2D eigenvalue weighted by Crippen LogP contribution is -2.41. The third-order valence-electron chi connectivity index (χ3n) is 4.70. The van der Waals surface area contributed by atoms with E-state index in [0.717, 1.165) is 17.3 Å². The Balaban J connectivity index is 2.19. The smallest absolute Gasteiger partial charge is 0.333 e. The second-order valence-electron chi connectivity index (χ2n) is 6.82. The van der Waals surface area contributed by atoms with Gasteiger partial charge in [-0.2, -0.15) is 0 Å². The molecule has 1 amide bonds. The predicted octanol–water partition coefficient (Wildman–Crippen LogP) is 3.93. The number of aryl methyl sites for hydroxylation is 1. The van der Waals surface area contributed by atoms with Crippen molar-refractivity contribution >= 4 is 28.8 Å². The fourth-order valence-electron chi connectivity index (χ4n) is 3.18. The zero-order valence-electron chi connectivity index (χ0n) is 17.0. The lowest BCUT2D eigenvalue weighted by atomic mass is 9.95. The minimum Gasteiger partial charge on any atom is -0.467 e. The monoisotopic (exact) mass is 413 g/mol. The van der Waals surface area contributed by atoms with E-state index in [4.69, 9.17) is 4.74 Å². The van der Waals surface area contributed by atoms with Crippen LogP contribution in [-0.4, -0.2) is 29.4 Å². The Labute approximate surface area is 176 Å². The van der Waals surface area contributed by atoms with Gasteiger partial charge in [0.15, 0.2) is 11.2 Å². The molecule has 2 rings (SSSR count). The Kier molecular flexibility index (Phi) is 8.93. The normalized spacial score (nSPS) is 13.8. The summed E-state index contributed by atoms with van der Waals surface area (Å²) in [4.78, 5) is 37.1. The highest BCUT2D eigenvalue weighted by Crippen LogP contribution is 2.26. The average molecular weight is 414 g/mol. The number of carbonyl (C=O) groups excluding carboxylic acids is 3. The molecule has 0 spiro atoms. The van der Waals surface area contributed by atoms with Crippen LogP contribution in [0, 0.1) is 5.92 Å². The van der Waals surface area contributed by atoms with E-state index < -0.39 is 17.9 Å². The highest BCUT2D eigenvalue weighted by atomic mass is 32.2. The number of rotatable bonds is 9. The van der Waals surface area contributed by atoms with Crippen LogP contribution in [0.15, 0.2) is 60.7 Å². The molecular formula is C23H27NO4S. The van der Waals surface area contributed by atoms with Crippen LogP contribution in [0.25, 0.3) is 0 Å². The summed E-state index contributed by atoms with van der Waals surface area (Å²) in [5.41, 5.74) is 1.78. The first kappa shape index (κ1) is 22.7. The van der Waals surface area contributed by atoms with E-state index in [1.807, 2.05) is 43.3 Å². The molecule has 2 aromatic rings. The Hall–Kier alpha value is -2.60. The number of ether oxygens (including phenoxy) is 1. The molecule has 0 heterocycles. The summed E-state index contributed by atoms with van der Waals surface area (Å²) < 4.78 is 4.89. The standard InChI is InChI=1S/C23H27NO4S/c1-16(29-17(2)25)20(15-14-18-10-6-4-7-11-18)22(26)24-21(23(27)28-3)19-12-8-5-9-13-19/h4-13,16,20-21H,14-15H2,1-3H3,(H,24,26)/t16?,20?,21-/m1/s1. The molecule has 0 aliphatic rings. The van der Waals surface area contributed by atoms with Crippen molar-refractivity contribution in [3.63, 3.8) is 0 Å². The number of nitrogens with one attached hydrogen (secondary N) is 1. The summed E-state index contributed by atoms with van der Waals surface area (Å²) in [5, 5.41) is 2.58. The highest BCUT2D eigenvalue weighted by Gasteiger charge is 2.31. The van der Waals surface area contributed by atoms with Crippen molar-refractivity contribution in [2.24, 2.45) is 5.92 Å². The summed E-state index contributed by atoms with van der Waals surface area (Å²) in [6.07, 6.45) is 1.27. The first-order valence-corrected chi connectivity index (χ1v) is 10.4. The molecule has 6 heteroatoms. The van der Waals surface area contributed by atoms with Crippen molar-refractivity contribution in [1.82, 2.24) is 5.32 Å². The van der Waals surface area contributed by atoms with E-state index in [0.29, 0.717) is 18.4 Å². The quantitative estimate of drug-likeness (QED) is 0.631. The van der Waals surface area contributed by atoms with E-state index >= 15 is 0 Å². The number of hydrogen-bond donors (Lipinski definition) is 1. The van der Waals surface area contributed by atoms with Crippen molar-refractivity contribution in [2.45, 2.75) is 38.0 Å². The van der Waals surface area contributed by atoms with Crippen LogP contribution >= 0.6 is 11.8 Å². The van der Waals surface area contributed by atoms with Crippen molar-refractivity contribution in [2.75, 3.05) is 7.11 Å². The third kappa shape index (κ3) is 7.06. The van der Waals surface area contributed by atoms with E-state index in [1.165, 1.54) is 14.0 Å². The molecule has 1 N–H and O–H groups in total.